The molecular formula is C18H20N4O6S. The number of rotatable bonds is 5. The molecule has 1 atom stereocenters. The van der Waals surface area contributed by atoms with Crippen LogP contribution in [-0.4, -0.2) is 50.5 Å². The van der Waals surface area contributed by atoms with E-state index in [0.29, 0.717) is 11.4 Å². The Morgan fingerprint density at radius 3 is 2.66 bits per heavy atom. The number of hydrogen-bond donors (Lipinski definition) is 2. The minimum absolute atomic E-state index is 0.0322. The highest BCUT2D eigenvalue weighted by atomic mass is 32.2. The van der Waals surface area contributed by atoms with Crippen molar-refractivity contribution in [1.82, 2.24) is 9.29 Å². The summed E-state index contributed by atoms with van der Waals surface area (Å²) in [6.07, 6.45) is 0.0702. The zero-order valence-corrected chi connectivity index (χ0v) is 16.8. The van der Waals surface area contributed by atoms with E-state index in [1.165, 1.54) is 36.7 Å². The number of aryl methyl sites for hydroxylation is 1. The van der Waals surface area contributed by atoms with E-state index in [1.807, 2.05) is 0 Å². The number of amides is 2. The maximum Gasteiger partial charge on any atom is 0.355 e. The van der Waals surface area contributed by atoms with Crippen molar-refractivity contribution in [3.63, 3.8) is 0 Å². The second-order valence-electron chi connectivity index (χ2n) is 6.42. The van der Waals surface area contributed by atoms with Crippen molar-refractivity contribution in [1.29, 1.82) is 0 Å². The van der Waals surface area contributed by atoms with Crippen LogP contribution in [0.1, 0.15) is 17.4 Å². The lowest BCUT2D eigenvalue weighted by Crippen LogP contribution is -2.47. The maximum atomic E-state index is 12.8. The number of para-hydroxylation sites is 2. The molecule has 0 saturated carbocycles. The van der Waals surface area contributed by atoms with Gasteiger partial charge in [0.25, 0.3) is 5.91 Å². The van der Waals surface area contributed by atoms with Gasteiger partial charge in [-0.25, -0.2) is 17.9 Å². The Morgan fingerprint density at radius 1 is 1.28 bits per heavy atom. The van der Waals surface area contributed by atoms with Crippen LogP contribution >= 0.6 is 0 Å². The Labute approximate surface area is 167 Å². The molecule has 2 aromatic rings. The molecule has 0 spiro atoms. The van der Waals surface area contributed by atoms with E-state index >= 15 is 0 Å². The molecule has 154 valence electrons. The van der Waals surface area contributed by atoms with Gasteiger partial charge in [0.2, 0.25) is 15.9 Å². The second-order valence-corrected chi connectivity index (χ2v) is 8.30. The van der Waals surface area contributed by atoms with Gasteiger partial charge in [0.15, 0.2) is 6.10 Å². The highest BCUT2D eigenvalue weighted by Crippen LogP contribution is 2.29. The largest absolute Gasteiger partial charge is 0.448 e. The number of nitrogens with zero attached hydrogens (tertiary/aromatic N) is 2. The summed E-state index contributed by atoms with van der Waals surface area (Å²) < 4.78 is 32.5. The van der Waals surface area contributed by atoms with Crippen LogP contribution in [0.5, 0.6) is 0 Å². The monoisotopic (exact) mass is 420 g/mol. The van der Waals surface area contributed by atoms with Gasteiger partial charge in [-0.1, -0.05) is 12.1 Å². The summed E-state index contributed by atoms with van der Waals surface area (Å²) in [7, 11) is -0.986. The van der Waals surface area contributed by atoms with Gasteiger partial charge in [-0.2, -0.15) is 0 Å². The Hall–Kier alpha value is -3.18. The van der Waals surface area contributed by atoms with Crippen molar-refractivity contribution in [2.75, 3.05) is 23.8 Å². The molecule has 2 N–H and O–H groups in total. The number of fused-ring (bicyclic) bond motifs is 1. The van der Waals surface area contributed by atoms with E-state index in [2.05, 4.69) is 10.0 Å². The molecule has 0 radical (unpaired) electrons. The summed E-state index contributed by atoms with van der Waals surface area (Å²) in [6, 6.07) is 7.95. The molecule has 29 heavy (non-hydrogen) atoms. The number of anilines is 2. The van der Waals surface area contributed by atoms with Gasteiger partial charge in [0.1, 0.15) is 17.1 Å². The van der Waals surface area contributed by atoms with E-state index in [9.17, 15) is 22.8 Å². The third kappa shape index (κ3) is 4.00. The van der Waals surface area contributed by atoms with Gasteiger partial charge in [-0.05, 0) is 32.2 Å². The van der Waals surface area contributed by atoms with Crippen LogP contribution in [0.15, 0.2) is 41.4 Å². The van der Waals surface area contributed by atoms with Gasteiger partial charge in [0.05, 0.1) is 11.4 Å². The quantitative estimate of drug-likeness (QED) is 0.677. The van der Waals surface area contributed by atoms with Gasteiger partial charge < -0.3 is 14.6 Å². The number of ether oxygens (including phenoxy) is 1. The Kier molecular flexibility index (Phi) is 5.44. The summed E-state index contributed by atoms with van der Waals surface area (Å²) >= 11 is 0. The van der Waals surface area contributed by atoms with E-state index in [4.69, 9.17) is 4.74 Å². The molecular weight excluding hydrogens is 400 g/mol. The number of hydrogen-bond acceptors (Lipinski definition) is 6. The maximum absolute atomic E-state index is 12.8. The standard InChI is InChI=1S/C18H20N4O6S/c1-11(17(24)22-10-16(23)20-13-6-4-5-7-14(13)22)28-18(25)15-8-12(9-21(15)3)29(26,27)19-2/h4-9,11,19H,10H2,1-3H3,(H,20,23)/t11-/m1/s1. The first-order valence-electron chi connectivity index (χ1n) is 8.65. The number of aromatic nitrogens is 1. The van der Waals surface area contributed by atoms with Crippen LogP contribution in [0.4, 0.5) is 11.4 Å². The zero-order valence-electron chi connectivity index (χ0n) is 16.0. The van der Waals surface area contributed by atoms with Crippen LogP contribution in [0.25, 0.3) is 0 Å². The van der Waals surface area contributed by atoms with Gasteiger partial charge in [-0.15, -0.1) is 0 Å². The molecule has 11 heteroatoms. The van der Waals surface area contributed by atoms with Crippen molar-refractivity contribution < 1.29 is 27.5 Å². The van der Waals surface area contributed by atoms with E-state index in [1.54, 1.807) is 24.3 Å². The van der Waals surface area contributed by atoms with E-state index < -0.39 is 28.0 Å². The topological polar surface area (TPSA) is 127 Å². The van der Waals surface area contributed by atoms with E-state index in [-0.39, 0.29) is 23.0 Å². The SMILES string of the molecule is CNS(=O)(=O)c1cc(C(=O)O[C@H](C)C(=O)N2CC(=O)Nc3ccccc32)n(C)c1. The Morgan fingerprint density at radius 2 is 1.97 bits per heavy atom. The highest BCUT2D eigenvalue weighted by Gasteiger charge is 2.32. The Balaban J connectivity index is 1.79. The summed E-state index contributed by atoms with van der Waals surface area (Å²) in [5.41, 5.74) is 0.955. The molecule has 2 heterocycles. The van der Waals surface area contributed by atoms with Crippen LogP contribution in [0, 0.1) is 0 Å². The summed E-state index contributed by atoms with van der Waals surface area (Å²) in [5, 5.41) is 2.67. The van der Waals surface area contributed by atoms with Crippen LogP contribution in [0.3, 0.4) is 0 Å². The molecule has 1 aliphatic heterocycles. The van der Waals surface area contributed by atoms with E-state index in [0.717, 1.165) is 6.07 Å². The third-order valence-corrected chi connectivity index (χ3v) is 5.82. The first-order chi connectivity index (χ1) is 13.6. The molecule has 0 aliphatic carbocycles. The van der Waals surface area contributed by atoms with Crippen LogP contribution < -0.4 is 14.9 Å². The Bertz CT molecular complexity index is 1090. The lowest BCUT2D eigenvalue weighted by Gasteiger charge is -2.30. The molecule has 0 saturated heterocycles. The fourth-order valence-corrected chi connectivity index (χ4v) is 3.72. The van der Waals surface area contributed by atoms with Crippen LogP contribution in [0.2, 0.25) is 0 Å². The molecule has 0 bridgehead atoms. The summed E-state index contributed by atoms with van der Waals surface area (Å²) in [4.78, 5) is 38.4. The number of carbonyl (C=O) groups is 3. The smallest absolute Gasteiger partial charge is 0.355 e. The number of carbonyl (C=O) groups excluding carboxylic acids is 3. The molecule has 10 nitrogen and oxygen atoms in total. The van der Waals surface area contributed by atoms with Gasteiger partial charge >= 0.3 is 5.97 Å². The predicted octanol–water partition coefficient (Wildman–Crippen LogP) is 0.464. The van der Waals surface area contributed by atoms with Gasteiger partial charge in [-0.3, -0.25) is 14.5 Å². The third-order valence-electron chi connectivity index (χ3n) is 4.44. The van der Waals surface area contributed by atoms with Crippen molar-refractivity contribution in [3.8, 4) is 0 Å². The number of esters is 1. The minimum atomic E-state index is -3.73. The molecule has 2 amide bonds. The minimum Gasteiger partial charge on any atom is -0.448 e. The lowest BCUT2D eigenvalue weighted by atomic mass is 10.1. The number of sulfonamides is 1. The lowest BCUT2D eigenvalue weighted by molar-refractivity contribution is -0.128. The average Bonchev–Trinajstić information content (AvgIpc) is 3.09. The van der Waals surface area contributed by atoms with Gasteiger partial charge in [0, 0.05) is 13.2 Å². The highest BCUT2D eigenvalue weighted by molar-refractivity contribution is 7.89. The molecule has 1 aromatic heterocycles. The van der Waals surface area contributed by atoms with Crippen molar-refractivity contribution in [2.45, 2.75) is 17.9 Å². The van der Waals surface area contributed by atoms with Crippen molar-refractivity contribution >= 4 is 39.2 Å². The number of nitrogens with one attached hydrogen (secondary N) is 2. The van der Waals surface area contributed by atoms with Crippen molar-refractivity contribution in [3.05, 3.63) is 42.2 Å². The normalized spacial score (nSPS) is 14.7. The van der Waals surface area contributed by atoms with Crippen LogP contribution in [-0.2, 0) is 31.4 Å². The molecule has 3 rings (SSSR count). The summed E-state index contributed by atoms with van der Waals surface area (Å²) in [5.74, 6) is -1.79. The first kappa shape index (κ1) is 20.6. The average molecular weight is 420 g/mol. The summed E-state index contributed by atoms with van der Waals surface area (Å²) in [6.45, 7) is 1.19. The second kappa shape index (κ2) is 7.68. The molecule has 1 aromatic carbocycles. The number of benzene rings is 1. The molecule has 0 unspecified atom stereocenters. The first-order valence-corrected chi connectivity index (χ1v) is 10.1. The molecule has 0 fully saturated rings. The predicted molar refractivity (Wildman–Crippen MR) is 104 cm³/mol. The fourth-order valence-electron chi connectivity index (χ4n) is 2.92. The zero-order chi connectivity index (χ0) is 21.3. The van der Waals surface area contributed by atoms with Crippen molar-refractivity contribution in [2.24, 2.45) is 7.05 Å². The fraction of sp³-hybridized carbons (Fsp3) is 0.278. The molecule has 1 aliphatic rings.